The lowest BCUT2D eigenvalue weighted by Gasteiger charge is -2.21. The number of carbonyl (C=O) groups excluding carboxylic acids is 1. The highest BCUT2D eigenvalue weighted by Gasteiger charge is 2.20. The zero-order chi connectivity index (χ0) is 21.0. The van der Waals surface area contributed by atoms with Gasteiger partial charge in [-0.3, -0.25) is 4.99 Å². The third kappa shape index (κ3) is 5.60. The Morgan fingerprint density at radius 2 is 2.00 bits per heavy atom. The number of carbonyl (C=O) groups is 1. The molecule has 0 fully saturated rings. The van der Waals surface area contributed by atoms with E-state index in [9.17, 15) is 10.0 Å². The maximum absolute atomic E-state index is 12.4. The normalized spacial score (nSPS) is 13.0. The van der Waals surface area contributed by atoms with Gasteiger partial charge in [-0.05, 0) is 44.5 Å². The summed E-state index contributed by atoms with van der Waals surface area (Å²) in [4.78, 5) is 16.8. The lowest BCUT2D eigenvalue weighted by molar-refractivity contribution is 0.0525. The molecule has 1 aromatic heterocycles. The maximum atomic E-state index is 12.4. The smallest absolute Gasteiger partial charge is 0.407 e. The molecule has 0 spiro atoms. The minimum atomic E-state index is -0.594. The number of alkyl carbamates (subject to hydrolysis) is 1. The second kappa shape index (κ2) is 8.69. The lowest BCUT2D eigenvalue weighted by atomic mass is 10.1. The first kappa shape index (κ1) is 20.9. The van der Waals surface area contributed by atoms with E-state index in [1.807, 2.05) is 42.5 Å². The molecule has 2 aromatic carbocycles. The van der Waals surface area contributed by atoms with Gasteiger partial charge in [-0.1, -0.05) is 46.3 Å². The summed E-state index contributed by atoms with van der Waals surface area (Å²) in [6.45, 7) is 5.62. The van der Waals surface area contributed by atoms with Gasteiger partial charge in [0.05, 0.1) is 6.04 Å². The largest absolute Gasteiger partial charge is 0.806 e. The molecular weight excluding hydrogens is 434 g/mol. The van der Waals surface area contributed by atoms with Crippen molar-refractivity contribution in [3.05, 3.63) is 75.5 Å². The Morgan fingerprint density at radius 1 is 1.28 bits per heavy atom. The second-order valence-electron chi connectivity index (χ2n) is 7.66. The standard InChI is InChI=1S/C22H23BrN3O3/c1-22(2,3)29-21(27)25-13-19(24-12-15-7-5-4-6-8-15)18-14-26(28)20-10-9-16(23)11-17(18)20/h4-12,14,19H,13H2,1-3H3,(H,25,27)/q-1. The van der Waals surface area contributed by atoms with Gasteiger partial charge >= 0.3 is 6.09 Å². The van der Waals surface area contributed by atoms with Crippen molar-refractivity contribution >= 4 is 39.1 Å². The number of hydrogen-bond acceptors (Lipinski definition) is 4. The summed E-state index contributed by atoms with van der Waals surface area (Å²) in [6, 6.07) is 14.7. The number of nitrogens with zero attached hydrogens (tertiary/aromatic N) is 2. The van der Waals surface area contributed by atoms with E-state index in [0.717, 1.165) is 25.7 Å². The van der Waals surface area contributed by atoms with Gasteiger partial charge in [0.2, 0.25) is 0 Å². The fourth-order valence-electron chi connectivity index (χ4n) is 2.91. The molecule has 0 aliphatic heterocycles. The number of rotatable bonds is 5. The number of aromatic nitrogens is 1. The quantitative estimate of drug-likeness (QED) is 0.519. The number of benzene rings is 2. The Bertz CT molecular complexity index is 1020. The van der Waals surface area contributed by atoms with Crippen molar-refractivity contribution < 1.29 is 9.53 Å². The van der Waals surface area contributed by atoms with Crippen LogP contribution in [0.25, 0.3) is 10.9 Å². The van der Waals surface area contributed by atoms with Crippen molar-refractivity contribution in [2.45, 2.75) is 32.4 Å². The Morgan fingerprint density at radius 3 is 2.69 bits per heavy atom. The van der Waals surface area contributed by atoms with Gasteiger partial charge in [0.25, 0.3) is 0 Å². The molecule has 3 aromatic rings. The van der Waals surface area contributed by atoms with Crippen molar-refractivity contribution in [3.63, 3.8) is 0 Å². The van der Waals surface area contributed by atoms with Gasteiger partial charge in [-0.25, -0.2) is 4.79 Å². The summed E-state index contributed by atoms with van der Waals surface area (Å²) < 4.78 is 7.02. The summed E-state index contributed by atoms with van der Waals surface area (Å²) in [5, 5.41) is 15.9. The molecule has 7 heteroatoms. The van der Waals surface area contributed by atoms with Gasteiger partial charge in [-0.2, -0.15) is 0 Å². The van der Waals surface area contributed by atoms with E-state index in [2.05, 4.69) is 26.2 Å². The van der Waals surface area contributed by atoms with Crippen LogP contribution in [0, 0.1) is 5.21 Å². The molecule has 1 atom stereocenters. The van der Waals surface area contributed by atoms with Crippen LogP contribution in [0.15, 0.2) is 64.2 Å². The van der Waals surface area contributed by atoms with E-state index in [4.69, 9.17) is 4.74 Å². The van der Waals surface area contributed by atoms with Crippen molar-refractivity contribution in [2.75, 3.05) is 6.54 Å². The van der Waals surface area contributed by atoms with E-state index in [-0.39, 0.29) is 6.54 Å². The number of ether oxygens (including phenoxy) is 1. The van der Waals surface area contributed by atoms with Gasteiger partial charge in [-0.15, -0.1) is 0 Å². The van der Waals surface area contributed by atoms with Crippen LogP contribution in [0.3, 0.4) is 0 Å². The Kier molecular flexibility index (Phi) is 6.27. The van der Waals surface area contributed by atoms with Crippen LogP contribution in [-0.4, -0.2) is 29.2 Å². The molecule has 1 unspecified atom stereocenters. The molecule has 0 bridgehead atoms. The van der Waals surface area contributed by atoms with Crippen molar-refractivity contribution in [1.29, 1.82) is 0 Å². The third-order valence-electron chi connectivity index (χ3n) is 4.16. The van der Waals surface area contributed by atoms with Crippen molar-refractivity contribution in [1.82, 2.24) is 10.0 Å². The molecule has 3 rings (SSSR count). The highest BCUT2D eigenvalue weighted by Crippen LogP contribution is 2.30. The minimum absolute atomic E-state index is 0.198. The van der Waals surface area contributed by atoms with Crippen LogP contribution in [0.1, 0.15) is 37.9 Å². The second-order valence-corrected chi connectivity index (χ2v) is 8.57. The topological polar surface area (TPSA) is 78.7 Å². The molecule has 0 saturated heterocycles. The molecule has 0 radical (unpaired) electrons. The zero-order valence-electron chi connectivity index (χ0n) is 16.6. The molecular formula is C22H23BrN3O3-. The van der Waals surface area contributed by atoms with Crippen LogP contribution in [-0.2, 0) is 4.74 Å². The summed E-state index contributed by atoms with van der Waals surface area (Å²) in [5.74, 6) is 0. The molecule has 6 nitrogen and oxygen atoms in total. The van der Waals surface area contributed by atoms with E-state index in [1.165, 1.54) is 6.20 Å². The van der Waals surface area contributed by atoms with E-state index < -0.39 is 17.7 Å². The molecule has 1 heterocycles. The fraction of sp³-hybridized carbons (Fsp3) is 0.273. The molecule has 0 saturated carbocycles. The average molecular weight is 457 g/mol. The van der Waals surface area contributed by atoms with Gasteiger partial charge in [0.1, 0.15) is 5.60 Å². The van der Waals surface area contributed by atoms with Crippen molar-refractivity contribution in [3.8, 4) is 0 Å². The first-order valence-corrected chi connectivity index (χ1v) is 10.1. The lowest BCUT2D eigenvalue weighted by Crippen LogP contribution is -2.34. The Balaban J connectivity index is 1.91. The number of halogens is 1. The number of aliphatic imine (C=N–C) groups is 1. The van der Waals surface area contributed by atoms with Gasteiger partial charge in [0, 0.05) is 39.9 Å². The predicted octanol–water partition coefficient (Wildman–Crippen LogP) is 5.43. The van der Waals surface area contributed by atoms with Gasteiger partial charge in [0.15, 0.2) is 0 Å². The predicted molar refractivity (Wildman–Crippen MR) is 119 cm³/mol. The van der Waals surface area contributed by atoms with Crippen LogP contribution in [0.4, 0.5) is 4.79 Å². The first-order valence-electron chi connectivity index (χ1n) is 9.26. The average Bonchev–Trinajstić information content (AvgIpc) is 2.97. The van der Waals surface area contributed by atoms with Crippen LogP contribution in [0.5, 0.6) is 0 Å². The van der Waals surface area contributed by atoms with E-state index in [1.54, 1.807) is 33.1 Å². The number of amides is 1. The molecule has 152 valence electrons. The minimum Gasteiger partial charge on any atom is -0.806 e. The summed E-state index contributed by atoms with van der Waals surface area (Å²) in [6.07, 6.45) is 2.73. The Hall–Kier alpha value is -2.80. The van der Waals surface area contributed by atoms with E-state index in [0.29, 0.717) is 5.52 Å². The summed E-state index contributed by atoms with van der Waals surface area (Å²) in [7, 11) is 0. The van der Waals surface area contributed by atoms with Crippen molar-refractivity contribution in [2.24, 2.45) is 4.99 Å². The zero-order valence-corrected chi connectivity index (χ0v) is 18.1. The maximum Gasteiger partial charge on any atom is 0.407 e. The molecule has 1 N–H and O–H groups in total. The Labute approximate surface area is 178 Å². The van der Waals surface area contributed by atoms with Crippen LogP contribution in [0.2, 0.25) is 0 Å². The molecule has 1 amide bonds. The number of nitrogens with one attached hydrogen (secondary N) is 1. The fourth-order valence-corrected chi connectivity index (χ4v) is 3.28. The first-order chi connectivity index (χ1) is 13.7. The molecule has 0 aliphatic rings. The monoisotopic (exact) mass is 456 g/mol. The summed E-state index contributed by atoms with van der Waals surface area (Å²) in [5.41, 5.74) is 1.63. The third-order valence-corrected chi connectivity index (χ3v) is 4.66. The van der Waals surface area contributed by atoms with Crippen LogP contribution >= 0.6 is 15.9 Å². The molecule has 29 heavy (non-hydrogen) atoms. The van der Waals surface area contributed by atoms with E-state index >= 15 is 0 Å². The molecule has 0 aliphatic carbocycles. The highest BCUT2D eigenvalue weighted by molar-refractivity contribution is 9.10. The van der Waals surface area contributed by atoms with Crippen LogP contribution < -0.4 is 5.32 Å². The van der Waals surface area contributed by atoms with Gasteiger partial charge < -0.3 is 20.0 Å². The summed E-state index contributed by atoms with van der Waals surface area (Å²) >= 11 is 3.46. The highest BCUT2D eigenvalue weighted by atomic mass is 79.9. The SMILES string of the molecule is CC(C)(C)OC(=O)NCC(N=Cc1ccccc1)c1cn([O-])c2ccc(Br)cc12. The number of hydrogen-bond donors (Lipinski definition) is 1. The number of fused-ring (bicyclic) bond motifs is 1.